The molecule has 0 aliphatic carbocycles. The molecule has 0 heterocycles. The number of benzene rings is 3. The molecule has 32 heavy (non-hydrogen) atoms. The molecule has 5 N–H and O–H groups in total. The second kappa shape index (κ2) is 9.76. The lowest BCUT2D eigenvalue weighted by atomic mass is 10.0. The lowest BCUT2D eigenvalue weighted by Gasteiger charge is -2.11. The molecule has 0 unspecified atom stereocenters. The molecule has 0 aromatic heterocycles. The van der Waals surface area contributed by atoms with Crippen molar-refractivity contribution in [2.75, 3.05) is 13.6 Å². The molecule has 0 aliphatic rings. The maximum Gasteiger partial charge on any atom is 0.251 e. The third-order valence-corrected chi connectivity index (χ3v) is 6.72. The summed E-state index contributed by atoms with van der Waals surface area (Å²) in [5.41, 5.74) is 10.1. The third kappa shape index (κ3) is 5.22. The van der Waals surface area contributed by atoms with Gasteiger partial charge in [-0.25, -0.2) is 13.1 Å². The van der Waals surface area contributed by atoms with E-state index in [1.54, 1.807) is 54.6 Å². The van der Waals surface area contributed by atoms with Crippen molar-refractivity contribution < 1.29 is 13.2 Å². The molecule has 0 fully saturated rings. The highest BCUT2D eigenvalue weighted by Crippen LogP contribution is 2.27. The van der Waals surface area contributed by atoms with E-state index < -0.39 is 10.0 Å². The Morgan fingerprint density at radius 3 is 2.31 bits per heavy atom. The van der Waals surface area contributed by atoms with Crippen LogP contribution in [0.5, 0.6) is 0 Å². The summed E-state index contributed by atoms with van der Waals surface area (Å²) in [4.78, 5) is 12.7. The maximum atomic E-state index is 12.5. The number of sulfonamides is 1. The second-order valence-electron chi connectivity index (χ2n) is 7.34. The van der Waals surface area contributed by atoms with E-state index in [9.17, 15) is 13.2 Å². The van der Waals surface area contributed by atoms with Crippen LogP contribution in [-0.4, -0.2) is 33.8 Å². The Kier molecular flexibility index (Phi) is 7.07. The predicted molar refractivity (Wildman–Crippen MR) is 126 cm³/mol. The van der Waals surface area contributed by atoms with Gasteiger partial charge in [0.2, 0.25) is 10.0 Å². The molecule has 3 aromatic rings. The molecule has 8 heteroatoms. The van der Waals surface area contributed by atoms with E-state index in [0.717, 1.165) is 11.1 Å². The summed E-state index contributed by atoms with van der Waals surface area (Å²) in [7, 11) is -2.23. The number of nitrogens with one attached hydrogen (secondary N) is 3. The van der Waals surface area contributed by atoms with Crippen molar-refractivity contribution in [3.63, 3.8) is 0 Å². The van der Waals surface area contributed by atoms with Crippen LogP contribution in [0.15, 0.2) is 71.6 Å². The van der Waals surface area contributed by atoms with Gasteiger partial charge < -0.3 is 11.1 Å². The molecule has 0 atom stereocenters. The maximum absolute atomic E-state index is 12.5. The highest BCUT2D eigenvalue weighted by Gasteiger charge is 2.17. The van der Waals surface area contributed by atoms with Gasteiger partial charge in [0, 0.05) is 23.2 Å². The van der Waals surface area contributed by atoms with E-state index in [-0.39, 0.29) is 16.6 Å². The van der Waals surface area contributed by atoms with Crippen molar-refractivity contribution in [3.8, 4) is 11.1 Å². The molecular weight excluding hydrogens is 424 g/mol. The Bertz CT molecular complexity index is 1250. The lowest BCUT2D eigenvalue weighted by molar-refractivity contribution is 0.0954. The number of carbonyl (C=O) groups is 1. The van der Waals surface area contributed by atoms with Crippen LogP contribution in [0.2, 0.25) is 0 Å². The number of nitrogen functional groups attached to an aromatic ring is 1. The van der Waals surface area contributed by atoms with Crippen LogP contribution in [0, 0.1) is 12.3 Å². The number of hydrogen-bond acceptors (Lipinski definition) is 4. The van der Waals surface area contributed by atoms with E-state index >= 15 is 0 Å². The molecule has 0 saturated heterocycles. The fraction of sp³-hybridized carbons (Fsp3) is 0.167. The lowest BCUT2D eigenvalue weighted by Crippen LogP contribution is -2.26. The molecule has 0 radical (unpaired) electrons. The molecule has 166 valence electrons. The SMILES string of the molecule is CNS(=O)(=O)c1ccccc1-c1ccc(C(=O)NCCc2cc(C(=N)N)ccc2C)cc1. The van der Waals surface area contributed by atoms with E-state index in [1.807, 2.05) is 19.1 Å². The number of nitrogens with two attached hydrogens (primary N) is 1. The minimum atomic E-state index is -3.60. The van der Waals surface area contributed by atoms with E-state index in [4.69, 9.17) is 11.1 Å². The topological polar surface area (TPSA) is 125 Å². The Hall–Kier alpha value is -3.49. The Morgan fingerprint density at radius 1 is 1.00 bits per heavy atom. The number of aryl methyl sites for hydroxylation is 1. The fourth-order valence-electron chi connectivity index (χ4n) is 3.37. The third-order valence-electron chi connectivity index (χ3n) is 5.24. The summed E-state index contributed by atoms with van der Waals surface area (Å²) in [6, 6.07) is 19.1. The van der Waals surface area contributed by atoms with Gasteiger partial charge in [-0.1, -0.05) is 42.5 Å². The largest absolute Gasteiger partial charge is 0.384 e. The van der Waals surface area contributed by atoms with Crippen molar-refractivity contribution in [2.24, 2.45) is 5.73 Å². The van der Waals surface area contributed by atoms with Crippen molar-refractivity contribution in [1.29, 1.82) is 5.41 Å². The standard InChI is InChI=1S/C24H26N4O3S/c1-16-7-8-20(23(25)26)15-19(16)13-14-28-24(29)18-11-9-17(10-12-18)21-5-3-4-6-22(21)32(30,31)27-2/h3-12,15,27H,13-14H2,1-2H3,(H3,25,26)(H,28,29). The van der Waals surface area contributed by atoms with Gasteiger partial charge in [-0.3, -0.25) is 10.2 Å². The van der Waals surface area contributed by atoms with Gasteiger partial charge in [0.1, 0.15) is 5.84 Å². The highest BCUT2D eigenvalue weighted by atomic mass is 32.2. The number of amides is 1. The quantitative estimate of drug-likeness (QED) is 0.311. The zero-order valence-electron chi connectivity index (χ0n) is 18.0. The zero-order valence-corrected chi connectivity index (χ0v) is 18.8. The van der Waals surface area contributed by atoms with Crippen LogP contribution < -0.4 is 15.8 Å². The van der Waals surface area contributed by atoms with Gasteiger partial charge >= 0.3 is 0 Å². The van der Waals surface area contributed by atoms with Crippen LogP contribution in [-0.2, 0) is 16.4 Å². The summed E-state index contributed by atoms with van der Waals surface area (Å²) in [6.45, 7) is 2.41. The first-order chi connectivity index (χ1) is 15.2. The van der Waals surface area contributed by atoms with Crippen molar-refractivity contribution in [3.05, 3.63) is 89.0 Å². The molecule has 3 aromatic carbocycles. The summed E-state index contributed by atoms with van der Waals surface area (Å²) < 4.78 is 26.9. The fourth-order valence-corrected chi connectivity index (χ4v) is 4.32. The van der Waals surface area contributed by atoms with Crippen LogP contribution in [0.4, 0.5) is 0 Å². The minimum absolute atomic E-state index is 0.0134. The first-order valence-electron chi connectivity index (χ1n) is 10.1. The molecule has 3 rings (SSSR count). The molecule has 0 spiro atoms. The first kappa shape index (κ1) is 23.2. The molecule has 1 amide bonds. The van der Waals surface area contributed by atoms with Crippen molar-refractivity contribution in [2.45, 2.75) is 18.2 Å². The van der Waals surface area contributed by atoms with Gasteiger partial charge in [0.05, 0.1) is 4.90 Å². The minimum Gasteiger partial charge on any atom is -0.384 e. The van der Waals surface area contributed by atoms with E-state index in [2.05, 4.69) is 10.0 Å². The Labute approximate surface area is 188 Å². The van der Waals surface area contributed by atoms with E-state index in [1.165, 1.54) is 7.05 Å². The van der Waals surface area contributed by atoms with E-state index in [0.29, 0.717) is 35.2 Å². The predicted octanol–water partition coefficient (Wildman–Crippen LogP) is 2.83. The number of amidine groups is 1. The van der Waals surface area contributed by atoms with Crippen LogP contribution >= 0.6 is 0 Å². The summed E-state index contributed by atoms with van der Waals surface area (Å²) >= 11 is 0. The Balaban J connectivity index is 1.70. The Morgan fingerprint density at radius 2 is 1.66 bits per heavy atom. The van der Waals surface area contributed by atoms with Crippen LogP contribution in [0.3, 0.4) is 0 Å². The summed E-state index contributed by atoms with van der Waals surface area (Å²) in [5, 5.41) is 10.5. The molecule has 0 saturated carbocycles. The number of hydrogen-bond donors (Lipinski definition) is 4. The number of rotatable bonds is 8. The number of carbonyl (C=O) groups excluding carboxylic acids is 1. The van der Waals surface area contributed by atoms with Gasteiger partial charge in [-0.05, 0) is 61.3 Å². The van der Waals surface area contributed by atoms with Gasteiger partial charge in [-0.2, -0.15) is 0 Å². The molecule has 0 aliphatic heterocycles. The monoisotopic (exact) mass is 450 g/mol. The second-order valence-corrected chi connectivity index (χ2v) is 9.20. The van der Waals surface area contributed by atoms with Crippen LogP contribution in [0.1, 0.15) is 27.0 Å². The summed E-state index contributed by atoms with van der Waals surface area (Å²) in [5.74, 6) is -0.201. The molecule has 0 bridgehead atoms. The van der Waals surface area contributed by atoms with Crippen molar-refractivity contribution in [1.82, 2.24) is 10.0 Å². The van der Waals surface area contributed by atoms with Gasteiger partial charge in [-0.15, -0.1) is 0 Å². The van der Waals surface area contributed by atoms with Crippen LogP contribution in [0.25, 0.3) is 11.1 Å². The zero-order chi connectivity index (χ0) is 23.3. The normalized spacial score (nSPS) is 11.2. The van der Waals surface area contributed by atoms with Gasteiger partial charge in [0.25, 0.3) is 5.91 Å². The molecular formula is C24H26N4O3S. The molecule has 7 nitrogen and oxygen atoms in total. The van der Waals surface area contributed by atoms with Gasteiger partial charge in [0.15, 0.2) is 0 Å². The average molecular weight is 451 g/mol. The summed E-state index contributed by atoms with van der Waals surface area (Å²) in [6.07, 6.45) is 0.617. The average Bonchev–Trinajstić information content (AvgIpc) is 2.80. The van der Waals surface area contributed by atoms with Crippen molar-refractivity contribution >= 4 is 21.8 Å². The highest BCUT2D eigenvalue weighted by molar-refractivity contribution is 7.89. The first-order valence-corrected chi connectivity index (χ1v) is 11.6. The smallest absolute Gasteiger partial charge is 0.251 e.